The number of rotatable bonds is 3. The summed E-state index contributed by atoms with van der Waals surface area (Å²) in [6.07, 6.45) is 5.73. The Morgan fingerprint density at radius 1 is 1.29 bits per heavy atom. The zero-order valence-electron chi connectivity index (χ0n) is 9.41. The Balaban J connectivity index is 1.84. The van der Waals surface area contributed by atoms with Crippen LogP contribution in [0.15, 0.2) is 0 Å². The lowest BCUT2D eigenvalue weighted by Crippen LogP contribution is -2.40. The summed E-state index contributed by atoms with van der Waals surface area (Å²) in [7, 11) is -1.73. The van der Waals surface area contributed by atoms with Gasteiger partial charge in [0.1, 0.15) is 0 Å². The van der Waals surface area contributed by atoms with E-state index in [4.69, 9.17) is 0 Å². The third-order valence-electron chi connectivity index (χ3n) is 3.61. The van der Waals surface area contributed by atoms with Gasteiger partial charge in [-0.2, -0.15) is 0 Å². The van der Waals surface area contributed by atoms with Gasteiger partial charge in [-0.15, -0.1) is 0 Å². The normalized spacial score (nSPS) is 28.2. The van der Waals surface area contributed by atoms with Gasteiger partial charge in [0.05, 0.1) is 7.14 Å². The van der Waals surface area contributed by atoms with E-state index in [1.165, 1.54) is 12.8 Å². The molecule has 0 spiro atoms. The van der Waals surface area contributed by atoms with Crippen molar-refractivity contribution in [3.05, 3.63) is 0 Å². The first kappa shape index (κ1) is 10.7. The molecule has 0 N–H and O–H groups in total. The largest absolute Gasteiger partial charge is 0.323 e. The highest BCUT2D eigenvalue weighted by Gasteiger charge is 2.35. The average Bonchev–Trinajstić information content (AvgIpc) is 2.88. The number of nitrogens with zero attached hydrogens (tertiary/aromatic N) is 1. The fourth-order valence-corrected chi connectivity index (χ4v) is 5.45. The second kappa shape index (κ2) is 3.98. The molecule has 1 saturated carbocycles. The molecule has 3 heteroatoms. The molecule has 1 heterocycles. The van der Waals surface area contributed by atoms with E-state index in [1.807, 2.05) is 0 Å². The number of hydrogen-bond acceptors (Lipinski definition) is 2. The van der Waals surface area contributed by atoms with Gasteiger partial charge in [0.2, 0.25) is 0 Å². The Hall–Kier alpha value is 0.190. The van der Waals surface area contributed by atoms with Crippen LogP contribution in [0.4, 0.5) is 0 Å². The van der Waals surface area contributed by atoms with Gasteiger partial charge < -0.3 is 9.46 Å². The SMILES string of the molecule is CC(C)N1CCP(=O)(CC2CC2)CC1. The Kier molecular flexibility index (Phi) is 3.04. The lowest BCUT2D eigenvalue weighted by molar-refractivity contribution is 0.240. The van der Waals surface area contributed by atoms with Crippen molar-refractivity contribution in [3.8, 4) is 0 Å². The van der Waals surface area contributed by atoms with Gasteiger partial charge in [-0.1, -0.05) is 0 Å². The summed E-state index contributed by atoms with van der Waals surface area (Å²) in [5, 5.41) is 0. The Labute approximate surface area is 87.4 Å². The lowest BCUT2D eigenvalue weighted by Gasteiger charge is -2.34. The topological polar surface area (TPSA) is 20.3 Å². The molecule has 0 aromatic heterocycles. The molecule has 0 amide bonds. The molecule has 2 rings (SSSR count). The Bertz CT molecular complexity index is 236. The molecule has 0 aromatic rings. The average molecular weight is 215 g/mol. The smallest absolute Gasteiger partial charge is 0.0905 e. The van der Waals surface area contributed by atoms with Crippen LogP contribution in [0.1, 0.15) is 26.7 Å². The Morgan fingerprint density at radius 3 is 2.29 bits per heavy atom. The second-order valence-electron chi connectivity index (χ2n) is 5.26. The van der Waals surface area contributed by atoms with E-state index < -0.39 is 7.14 Å². The van der Waals surface area contributed by atoms with Crippen molar-refractivity contribution < 1.29 is 4.57 Å². The summed E-state index contributed by atoms with van der Waals surface area (Å²) in [4.78, 5) is 2.46. The third kappa shape index (κ3) is 2.61. The van der Waals surface area contributed by atoms with Gasteiger partial charge in [-0.05, 0) is 32.6 Å². The van der Waals surface area contributed by atoms with Crippen LogP contribution < -0.4 is 0 Å². The monoisotopic (exact) mass is 215 g/mol. The quantitative estimate of drug-likeness (QED) is 0.674. The van der Waals surface area contributed by atoms with Crippen LogP contribution in [0.5, 0.6) is 0 Å². The minimum Gasteiger partial charge on any atom is -0.323 e. The van der Waals surface area contributed by atoms with E-state index in [1.54, 1.807) is 0 Å². The summed E-state index contributed by atoms with van der Waals surface area (Å²) >= 11 is 0. The minimum absolute atomic E-state index is 0.629. The molecule has 2 nitrogen and oxygen atoms in total. The standard InChI is InChI=1S/C11H22NOP/c1-10(2)12-5-7-14(13,8-6-12)9-11-3-4-11/h10-11H,3-9H2,1-2H3. The zero-order chi connectivity index (χ0) is 10.2. The van der Waals surface area contributed by atoms with Crippen molar-refractivity contribution in [1.82, 2.24) is 4.90 Å². The van der Waals surface area contributed by atoms with E-state index in [-0.39, 0.29) is 0 Å². The molecule has 1 aliphatic carbocycles. The van der Waals surface area contributed by atoms with Crippen LogP contribution in [0, 0.1) is 5.92 Å². The van der Waals surface area contributed by atoms with Crippen molar-refractivity contribution in [2.24, 2.45) is 5.92 Å². The first-order valence-electron chi connectivity index (χ1n) is 5.90. The molecule has 2 fully saturated rings. The fraction of sp³-hybridized carbons (Fsp3) is 1.00. The van der Waals surface area contributed by atoms with Crippen molar-refractivity contribution in [2.45, 2.75) is 32.7 Å². The summed E-state index contributed by atoms with van der Waals surface area (Å²) in [6, 6.07) is 0.629. The Morgan fingerprint density at radius 2 is 1.86 bits per heavy atom. The van der Waals surface area contributed by atoms with Crippen LogP contribution in [-0.2, 0) is 4.57 Å². The van der Waals surface area contributed by atoms with E-state index in [2.05, 4.69) is 18.7 Å². The van der Waals surface area contributed by atoms with Gasteiger partial charge in [0, 0.05) is 37.6 Å². The molecule has 82 valence electrons. The summed E-state index contributed by atoms with van der Waals surface area (Å²) in [5.74, 6) is 0.839. The van der Waals surface area contributed by atoms with Crippen LogP contribution in [0.2, 0.25) is 0 Å². The molecule has 2 aliphatic rings. The predicted octanol–water partition coefficient (Wildman–Crippen LogP) is 2.48. The summed E-state index contributed by atoms with van der Waals surface area (Å²) in [5.41, 5.74) is 0. The van der Waals surface area contributed by atoms with E-state index in [0.29, 0.717) is 6.04 Å². The molecular formula is C11H22NOP. The van der Waals surface area contributed by atoms with Crippen LogP contribution >= 0.6 is 7.14 Å². The van der Waals surface area contributed by atoms with Crippen LogP contribution in [0.3, 0.4) is 0 Å². The fourth-order valence-electron chi connectivity index (χ4n) is 2.31. The first-order chi connectivity index (χ1) is 6.59. The van der Waals surface area contributed by atoms with Gasteiger partial charge in [-0.25, -0.2) is 0 Å². The maximum Gasteiger partial charge on any atom is 0.0905 e. The van der Waals surface area contributed by atoms with Gasteiger partial charge >= 0.3 is 0 Å². The maximum absolute atomic E-state index is 12.4. The molecule has 1 aliphatic heterocycles. The third-order valence-corrected chi connectivity index (χ3v) is 6.82. The van der Waals surface area contributed by atoms with E-state index in [0.717, 1.165) is 37.5 Å². The van der Waals surface area contributed by atoms with Crippen molar-refractivity contribution >= 4 is 7.14 Å². The lowest BCUT2D eigenvalue weighted by atomic mass is 10.3. The first-order valence-corrected chi connectivity index (χ1v) is 8.16. The van der Waals surface area contributed by atoms with Crippen LogP contribution in [0.25, 0.3) is 0 Å². The number of hydrogen-bond donors (Lipinski definition) is 0. The molecule has 0 unspecified atom stereocenters. The second-order valence-corrected chi connectivity index (χ2v) is 8.64. The molecule has 0 bridgehead atoms. The zero-order valence-corrected chi connectivity index (χ0v) is 10.3. The highest BCUT2D eigenvalue weighted by molar-refractivity contribution is 7.64. The van der Waals surface area contributed by atoms with E-state index in [9.17, 15) is 4.57 Å². The van der Waals surface area contributed by atoms with E-state index >= 15 is 0 Å². The van der Waals surface area contributed by atoms with Gasteiger partial charge in [0.25, 0.3) is 0 Å². The molecule has 0 aromatic carbocycles. The maximum atomic E-state index is 12.4. The predicted molar refractivity (Wildman–Crippen MR) is 61.6 cm³/mol. The highest BCUT2D eigenvalue weighted by atomic mass is 31.2. The molecule has 1 saturated heterocycles. The summed E-state index contributed by atoms with van der Waals surface area (Å²) in [6.45, 7) is 6.61. The van der Waals surface area contributed by atoms with Gasteiger partial charge in [-0.3, -0.25) is 0 Å². The molecular weight excluding hydrogens is 193 g/mol. The molecule has 14 heavy (non-hydrogen) atoms. The van der Waals surface area contributed by atoms with Crippen molar-refractivity contribution in [1.29, 1.82) is 0 Å². The van der Waals surface area contributed by atoms with Crippen molar-refractivity contribution in [2.75, 3.05) is 31.6 Å². The van der Waals surface area contributed by atoms with Crippen molar-refractivity contribution in [3.63, 3.8) is 0 Å². The minimum atomic E-state index is -1.73. The molecule has 0 radical (unpaired) electrons. The molecule has 0 atom stereocenters. The van der Waals surface area contributed by atoms with Crippen LogP contribution in [-0.4, -0.2) is 42.5 Å². The highest BCUT2D eigenvalue weighted by Crippen LogP contribution is 2.53. The summed E-state index contributed by atoms with van der Waals surface area (Å²) < 4.78 is 12.4. The van der Waals surface area contributed by atoms with Gasteiger partial charge in [0.15, 0.2) is 0 Å².